The Kier molecular flexibility index (Phi) is 5.07. The van der Waals surface area contributed by atoms with Gasteiger partial charge in [-0.05, 0) is 43.3 Å². The third-order valence-electron chi connectivity index (χ3n) is 4.44. The Balaban J connectivity index is 1.48. The number of carbonyl (C=O) groups is 2. The van der Waals surface area contributed by atoms with E-state index in [0.717, 1.165) is 11.2 Å². The van der Waals surface area contributed by atoms with Crippen molar-refractivity contribution in [3.63, 3.8) is 0 Å². The molecule has 6 heteroatoms. The highest BCUT2D eigenvalue weighted by Gasteiger charge is 2.16. The van der Waals surface area contributed by atoms with Crippen LogP contribution in [-0.2, 0) is 11.3 Å². The highest BCUT2D eigenvalue weighted by molar-refractivity contribution is 6.08. The molecule has 0 fully saturated rings. The van der Waals surface area contributed by atoms with Gasteiger partial charge in [-0.2, -0.15) is 0 Å². The number of hydrogen-bond acceptors (Lipinski definition) is 4. The Morgan fingerprint density at radius 2 is 1.86 bits per heavy atom. The number of aromatic nitrogens is 2. The quantitative estimate of drug-likeness (QED) is 0.521. The minimum absolute atomic E-state index is 0.0423. The molecule has 0 aliphatic heterocycles. The monoisotopic (exact) mass is 385 g/mol. The van der Waals surface area contributed by atoms with Crippen LogP contribution in [0.4, 0.5) is 5.69 Å². The number of nitrogens with zero attached hydrogens (tertiary/aromatic N) is 2. The molecule has 0 unspecified atom stereocenters. The van der Waals surface area contributed by atoms with Crippen LogP contribution in [0, 0.1) is 6.92 Å². The number of esters is 1. The first-order chi connectivity index (χ1) is 14.1. The van der Waals surface area contributed by atoms with Crippen molar-refractivity contribution in [3.8, 4) is 0 Å². The molecule has 0 aliphatic rings. The number of benzene rings is 2. The zero-order chi connectivity index (χ0) is 20.2. The Morgan fingerprint density at radius 1 is 1.03 bits per heavy atom. The zero-order valence-corrected chi connectivity index (χ0v) is 15.8. The maximum atomic E-state index is 12.6. The van der Waals surface area contributed by atoms with Crippen molar-refractivity contribution in [2.75, 3.05) is 5.32 Å². The van der Waals surface area contributed by atoms with Gasteiger partial charge in [0.25, 0.3) is 5.91 Å². The number of carbonyl (C=O) groups excluding carboxylic acids is 2. The Bertz CT molecular complexity index is 1160. The molecule has 144 valence electrons. The Hall–Kier alpha value is -3.93. The molecule has 0 spiro atoms. The molecule has 0 aliphatic carbocycles. The lowest BCUT2D eigenvalue weighted by Crippen LogP contribution is -2.16. The maximum Gasteiger partial charge on any atom is 0.340 e. The van der Waals surface area contributed by atoms with Gasteiger partial charge in [-0.15, -0.1) is 0 Å². The van der Waals surface area contributed by atoms with Crippen molar-refractivity contribution >= 4 is 23.2 Å². The predicted molar refractivity (Wildman–Crippen MR) is 110 cm³/mol. The van der Waals surface area contributed by atoms with Crippen molar-refractivity contribution < 1.29 is 14.3 Å². The number of fused-ring (bicyclic) bond motifs is 1. The minimum Gasteiger partial charge on any atom is -0.455 e. The van der Waals surface area contributed by atoms with Crippen molar-refractivity contribution in [2.24, 2.45) is 0 Å². The average Bonchev–Trinajstić information content (AvgIpc) is 3.15. The van der Waals surface area contributed by atoms with E-state index in [9.17, 15) is 9.59 Å². The molecule has 0 bridgehead atoms. The number of aryl methyl sites for hydroxylation is 1. The third-order valence-corrected chi connectivity index (χ3v) is 4.44. The lowest BCUT2D eigenvalue weighted by Gasteiger charge is -2.11. The summed E-state index contributed by atoms with van der Waals surface area (Å²) in [5.41, 5.74) is 3.63. The predicted octanol–water partition coefficient (Wildman–Crippen LogP) is 4.25. The van der Waals surface area contributed by atoms with Crippen LogP contribution in [0.25, 0.3) is 5.65 Å². The maximum absolute atomic E-state index is 12.6. The number of pyridine rings is 1. The van der Waals surface area contributed by atoms with Crippen LogP contribution < -0.4 is 5.32 Å². The first kappa shape index (κ1) is 18.4. The van der Waals surface area contributed by atoms with Crippen LogP contribution in [-0.4, -0.2) is 21.3 Å². The number of para-hydroxylation sites is 1. The number of hydrogen-bond donors (Lipinski definition) is 1. The molecular weight excluding hydrogens is 366 g/mol. The molecule has 2 aromatic carbocycles. The second kappa shape index (κ2) is 7.98. The zero-order valence-electron chi connectivity index (χ0n) is 15.8. The Labute approximate surface area is 167 Å². The third kappa shape index (κ3) is 4.16. The molecule has 2 aromatic heterocycles. The lowest BCUT2D eigenvalue weighted by molar-refractivity contribution is 0.0469. The van der Waals surface area contributed by atoms with Crippen LogP contribution in [0.5, 0.6) is 0 Å². The number of amides is 1. The summed E-state index contributed by atoms with van der Waals surface area (Å²) < 4.78 is 7.28. The molecule has 4 rings (SSSR count). The van der Waals surface area contributed by atoms with Crippen molar-refractivity contribution in [1.82, 2.24) is 9.38 Å². The summed E-state index contributed by atoms with van der Waals surface area (Å²) in [5, 5.41) is 2.80. The normalized spacial score (nSPS) is 10.7. The highest BCUT2D eigenvalue weighted by Crippen LogP contribution is 2.18. The van der Waals surface area contributed by atoms with Gasteiger partial charge in [0.05, 0.1) is 16.9 Å². The fourth-order valence-corrected chi connectivity index (χ4v) is 3.02. The van der Waals surface area contributed by atoms with Crippen molar-refractivity contribution in [3.05, 3.63) is 102 Å². The first-order valence-corrected chi connectivity index (χ1v) is 9.17. The van der Waals surface area contributed by atoms with E-state index in [1.54, 1.807) is 36.4 Å². The van der Waals surface area contributed by atoms with E-state index in [1.807, 2.05) is 54.0 Å². The highest BCUT2D eigenvalue weighted by atomic mass is 16.5. The summed E-state index contributed by atoms with van der Waals surface area (Å²) in [6.07, 6.45) is 3.69. The van der Waals surface area contributed by atoms with E-state index < -0.39 is 5.97 Å². The minimum atomic E-state index is -0.526. The summed E-state index contributed by atoms with van der Waals surface area (Å²) in [7, 11) is 0. The molecule has 0 saturated carbocycles. The van der Waals surface area contributed by atoms with E-state index in [-0.39, 0.29) is 18.1 Å². The van der Waals surface area contributed by atoms with Gasteiger partial charge in [0.2, 0.25) is 0 Å². The fraction of sp³-hybridized carbons (Fsp3) is 0.0870. The standard InChI is InChI=1S/C23H19N3O3/c1-16-7-6-8-17(13-16)22(27)25-20-10-3-2-9-19(20)23(28)29-15-18-14-26-12-5-4-11-21(26)24-18/h2-14H,15H2,1H3,(H,25,27). The summed E-state index contributed by atoms with van der Waals surface area (Å²) in [4.78, 5) is 29.6. The molecule has 1 N–H and O–H groups in total. The topological polar surface area (TPSA) is 72.7 Å². The fourth-order valence-electron chi connectivity index (χ4n) is 3.02. The van der Waals surface area contributed by atoms with E-state index in [2.05, 4.69) is 10.3 Å². The van der Waals surface area contributed by atoms with Gasteiger partial charge in [0.15, 0.2) is 0 Å². The number of ether oxygens (including phenoxy) is 1. The smallest absolute Gasteiger partial charge is 0.340 e. The van der Waals surface area contributed by atoms with Crippen LogP contribution in [0.1, 0.15) is 32.0 Å². The molecule has 0 saturated heterocycles. The molecule has 6 nitrogen and oxygen atoms in total. The molecule has 0 radical (unpaired) electrons. The van der Waals surface area contributed by atoms with Gasteiger partial charge in [0.1, 0.15) is 12.3 Å². The van der Waals surface area contributed by atoms with Gasteiger partial charge in [-0.25, -0.2) is 9.78 Å². The van der Waals surface area contributed by atoms with E-state index in [4.69, 9.17) is 4.74 Å². The van der Waals surface area contributed by atoms with E-state index in [0.29, 0.717) is 16.9 Å². The first-order valence-electron chi connectivity index (χ1n) is 9.17. The molecule has 4 aromatic rings. The molecule has 0 atom stereocenters. The van der Waals surface area contributed by atoms with E-state index >= 15 is 0 Å². The number of nitrogens with one attached hydrogen (secondary N) is 1. The lowest BCUT2D eigenvalue weighted by atomic mass is 10.1. The van der Waals surface area contributed by atoms with Crippen molar-refractivity contribution in [2.45, 2.75) is 13.5 Å². The van der Waals surface area contributed by atoms with Gasteiger partial charge in [-0.1, -0.05) is 35.9 Å². The van der Waals surface area contributed by atoms with Gasteiger partial charge < -0.3 is 14.5 Å². The van der Waals surface area contributed by atoms with Gasteiger partial charge >= 0.3 is 5.97 Å². The molecule has 2 heterocycles. The summed E-state index contributed by atoms with van der Waals surface area (Å²) in [6, 6.07) is 19.7. The molecular formula is C23H19N3O3. The van der Waals surface area contributed by atoms with Crippen LogP contribution in [0.3, 0.4) is 0 Å². The SMILES string of the molecule is Cc1cccc(C(=O)Nc2ccccc2C(=O)OCc2cn3ccccc3n2)c1. The molecule has 1 amide bonds. The largest absolute Gasteiger partial charge is 0.455 e. The number of rotatable bonds is 5. The van der Waals surface area contributed by atoms with Gasteiger partial charge in [-0.3, -0.25) is 4.79 Å². The summed E-state index contributed by atoms with van der Waals surface area (Å²) in [5.74, 6) is -0.809. The number of anilines is 1. The van der Waals surface area contributed by atoms with Crippen LogP contribution in [0.15, 0.2) is 79.1 Å². The Morgan fingerprint density at radius 3 is 2.69 bits per heavy atom. The van der Waals surface area contributed by atoms with E-state index in [1.165, 1.54) is 0 Å². The average molecular weight is 385 g/mol. The van der Waals surface area contributed by atoms with Crippen molar-refractivity contribution in [1.29, 1.82) is 0 Å². The van der Waals surface area contributed by atoms with Crippen LogP contribution in [0.2, 0.25) is 0 Å². The summed E-state index contributed by atoms with van der Waals surface area (Å²) in [6.45, 7) is 1.96. The molecule has 29 heavy (non-hydrogen) atoms. The van der Waals surface area contributed by atoms with Crippen LogP contribution >= 0.6 is 0 Å². The van der Waals surface area contributed by atoms with Gasteiger partial charge in [0, 0.05) is 18.0 Å². The summed E-state index contributed by atoms with van der Waals surface area (Å²) >= 11 is 0. The second-order valence-corrected chi connectivity index (χ2v) is 6.64. The number of imidazole rings is 1. The second-order valence-electron chi connectivity index (χ2n) is 6.64.